The van der Waals surface area contributed by atoms with Crippen LogP contribution in [0.15, 0.2) is 0 Å². The van der Waals surface area contributed by atoms with Gasteiger partial charge in [0.1, 0.15) is 13.2 Å². The number of rotatable bonds is 47. The molecule has 59 heavy (non-hydrogen) atoms. The van der Waals surface area contributed by atoms with E-state index in [0.717, 1.165) is 69.6 Å². The van der Waals surface area contributed by atoms with Crippen molar-refractivity contribution >= 4 is 17.9 Å². The zero-order chi connectivity index (χ0) is 43.3. The second kappa shape index (κ2) is 45.9. The number of unbranched alkanes of at least 4 members (excludes halogenated alkanes) is 30. The molecule has 0 saturated heterocycles. The molecular weight excluding hydrogens is 733 g/mol. The van der Waals surface area contributed by atoms with Crippen molar-refractivity contribution in [3.63, 3.8) is 0 Å². The van der Waals surface area contributed by atoms with Gasteiger partial charge in [-0.15, -0.1) is 0 Å². The van der Waals surface area contributed by atoms with E-state index in [-0.39, 0.29) is 31.1 Å². The summed E-state index contributed by atoms with van der Waals surface area (Å²) in [5.41, 5.74) is 0. The van der Waals surface area contributed by atoms with Gasteiger partial charge in [0.2, 0.25) is 0 Å². The monoisotopic (exact) mass is 835 g/mol. The van der Waals surface area contributed by atoms with Gasteiger partial charge in [-0.1, -0.05) is 253 Å². The van der Waals surface area contributed by atoms with Crippen LogP contribution >= 0.6 is 0 Å². The third-order valence-corrected chi connectivity index (χ3v) is 12.7. The molecule has 0 heterocycles. The number of hydrogen-bond donors (Lipinski definition) is 0. The molecule has 0 aromatic heterocycles. The van der Waals surface area contributed by atoms with Crippen molar-refractivity contribution in [2.24, 2.45) is 11.8 Å². The summed E-state index contributed by atoms with van der Waals surface area (Å²) < 4.78 is 16.8. The van der Waals surface area contributed by atoms with E-state index in [1.54, 1.807) is 0 Å². The normalized spacial score (nSPS) is 13.0. The molecular formula is C53H102O6. The SMILES string of the molecule is CCCCCCCCCCCCCCCC(=O)OC[C@H](COC(=O)CCCCCCCCC(C)CC)OC(=O)CCCCCCCCCCCCCCCCC(C)CC. The highest BCUT2D eigenvalue weighted by molar-refractivity contribution is 5.71. The van der Waals surface area contributed by atoms with Crippen molar-refractivity contribution in [2.45, 2.75) is 298 Å². The quantitative estimate of drug-likeness (QED) is 0.0345. The second-order valence-electron chi connectivity index (χ2n) is 18.6. The Hall–Kier alpha value is -1.59. The van der Waals surface area contributed by atoms with E-state index < -0.39 is 6.10 Å². The topological polar surface area (TPSA) is 78.9 Å². The van der Waals surface area contributed by atoms with Crippen molar-refractivity contribution in [3.05, 3.63) is 0 Å². The lowest BCUT2D eigenvalue weighted by atomic mass is 9.99. The predicted molar refractivity (Wildman–Crippen MR) is 252 cm³/mol. The van der Waals surface area contributed by atoms with Crippen molar-refractivity contribution < 1.29 is 28.6 Å². The molecule has 0 spiro atoms. The molecule has 0 aliphatic heterocycles. The first kappa shape index (κ1) is 57.4. The van der Waals surface area contributed by atoms with Crippen molar-refractivity contribution in [1.29, 1.82) is 0 Å². The van der Waals surface area contributed by atoms with Crippen LogP contribution < -0.4 is 0 Å². The highest BCUT2D eigenvalue weighted by Crippen LogP contribution is 2.18. The molecule has 0 radical (unpaired) electrons. The Morgan fingerprint density at radius 3 is 0.881 bits per heavy atom. The Morgan fingerprint density at radius 2 is 0.593 bits per heavy atom. The summed E-state index contributed by atoms with van der Waals surface area (Å²) >= 11 is 0. The molecule has 6 heteroatoms. The number of ether oxygens (including phenoxy) is 3. The maximum atomic E-state index is 12.8. The second-order valence-corrected chi connectivity index (χ2v) is 18.6. The first-order valence-corrected chi connectivity index (χ1v) is 26.3. The first-order valence-electron chi connectivity index (χ1n) is 26.3. The molecule has 0 N–H and O–H groups in total. The Kier molecular flexibility index (Phi) is 44.7. The van der Waals surface area contributed by atoms with Crippen LogP contribution in [0.4, 0.5) is 0 Å². The lowest BCUT2D eigenvalue weighted by Crippen LogP contribution is -2.30. The summed E-state index contributed by atoms with van der Waals surface area (Å²) in [5, 5.41) is 0. The van der Waals surface area contributed by atoms with Crippen LogP contribution in [0.25, 0.3) is 0 Å². The van der Waals surface area contributed by atoms with Gasteiger partial charge in [-0.2, -0.15) is 0 Å². The standard InChI is InChI=1S/C53H102O6/c1-6-9-10-11-12-13-14-17-21-24-27-33-38-43-51(54)57-46-50(47-58-52(55)44-39-34-30-29-32-37-42-49(5)8-3)59-53(56)45-40-35-28-25-22-19-16-15-18-20-23-26-31-36-41-48(4)7-2/h48-50H,6-47H2,1-5H3/t48?,49?,50-/m1/s1. The Balaban J connectivity index is 4.29. The Morgan fingerprint density at radius 1 is 0.339 bits per heavy atom. The van der Waals surface area contributed by atoms with E-state index in [0.29, 0.717) is 19.3 Å². The summed E-state index contributed by atoms with van der Waals surface area (Å²) in [4.78, 5) is 37.9. The average Bonchev–Trinajstić information content (AvgIpc) is 3.23. The largest absolute Gasteiger partial charge is 0.462 e. The molecule has 0 aromatic carbocycles. The zero-order valence-corrected chi connectivity index (χ0v) is 40.4. The van der Waals surface area contributed by atoms with E-state index >= 15 is 0 Å². The fraction of sp³-hybridized carbons (Fsp3) is 0.943. The van der Waals surface area contributed by atoms with Gasteiger partial charge in [-0.05, 0) is 31.1 Å². The summed E-state index contributed by atoms with van der Waals surface area (Å²) in [6.07, 6.45) is 46.5. The van der Waals surface area contributed by atoms with E-state index in [1.165, 1.54) is 180 Å². The van der Waals surface area contributed by atoms with Crippen LogP contribution in [0.2, 0.25) is 0 Å². The maximum absolute atomic E-state index is 12.8. The number of hydrogen-bond acceptors (Lipinski definition) is 6. The summed E-state index contributed by atoms with van der Waals surface area (Å²) in [7, 11) is 0. The van der Waals surface area contributed by atoms with E-state index in [1.807, 2.05) is 0 Å². The summed E-state index contributed by atoms with van der Waals surface area (Å²) in [5.74, 6) is 0.859. The minimum absolute atomic E-state index is 0.0642. The average molecular weight is 835 g/mol. The summed E-state index contributed by atoms with van der Waals surface area (Å²) in [6, 6.07) is 0. The number of esters is 3. The third-order valence-electron chi connectivity index (χ3n) is 12.7. The van der Waals surface area contributed by atoms with Gasteiger partial charge in [-0.25, -0.2) is 0 Å². The predicted octanol–water partition coefficient (Wildman–Crippen LogP) is 16.9. The van der Waals surface area contributed by atoms with Crippen LogP contribution in [-0.2, 0) is 28.6 Å². The van der Waals surface area contributed by atoms with Gasteiger partial charge in [-0.3, -0.25) is 14.4 Å². The van der Waals surface area contributed by atoms with Crippen molar-refractivity contribution in [2.75, 3.05) is 13.2 Å². The van der Waals surface area contributed by atoms with Crippen LogP contribution in [0.1, 0.15) is 291 Å². The van der Waals surface area contributed by atoms with Crippen molar-refractivity contribution in [1.82, 2.24) is 0 Å². The zero-order valence-electron chi connectivity index (χ0n) is 40.4. The van der Waals surface area contributed by atoms with Gasteiger partial charge in [0.25, 0.3) is 0 Å². The minimum atomic E-state index is -0.762. The van der Waals surface area contributed by atoms with Crippen LogP contribution in [0.5, 0.6) is 0 Å². The molecule has 0 amide bonds. The Bertz CT molecular complexity index is 904. The molecule has 0 fully saturated rings. The van der Waals surface area contributed by atoms with Gasteiger partial charge in [0, 0.05) is 19.3 Å². The maximum Gasteiger partial charge on any atom is 0.306 e. The molecule has 6 nitrogen and oxygen atoms in total. The number of carbonyl (C=O) groups excluding carboxylic acids is 3. The van der Waals surface area contributed by atoms with E-state index in [9.17, 15) is 14.4 Å². The van der Waals surface area contributed by atoms with Gasteiger partial charge >= 0.3 is 17.9 Å². The summed E-state index contributed by atoms with van der Waals surface area (Å²) in [6.45, 7) is 11.4. The van der Waals surface area contributed by atoms with Crippen molar-refractivity contribution in [3.8, 4) is 0 Å². The molecule has 0 aliphatic rings. The molecule has 350 valence electrons. The fourth-order valence-corrected chi connectivity index (χ4v) is 7.93. The molecule has 0 rings (SSSR count). The highest BCUT2D eigenvalue weighted by atomic mass is 16.6. The third kappa shape index (κ3) is 44.3. The molecule has 2 unspecified atom stereocenters. The minimum Gasteiger partial charge on any atom is -0.462 e. The van der Waals surface area contributed by atoms with Gasteiger partial charge < -0.3 is 14.2 Å². The van der Waals surface area contributed by atoms with Gasteiger partial charge in [0.05, 0.1) is 0 Å². The molecule has 0 aliphatic carbocycles. The van der Waals surface area contributed by atoms with Gasteiger partial charge in [0.15, 0.2) is 6.10 Å². The molecule has 3 atom stereocenters. The Labute approximate surface area is 368 Å². The van der Waals surface area contributed by atoms with Crippen LogP contribution in [0.3, 0.4) is 0 Å². The van der Waals surface area contributed by atoms with E-state index in [4.69, 9.17) is 14.2 Å². The molecule has 0 aromatic rings. The fourth-order valence-electron chi connectivity index (χ4n) is 7.93. The lowest BCUT2D eigenvalue weighted by Gasteiger charge is -2.18. The van der Waals surface area contributed by atoms with Crippen LogP contribution in [0, 0.1) is 11.8 Å². The molecule has 0 saturated carbocycles. The molecule has 0 bridgehead atoms. The highest BCUT2D eigenvalue weighted by Gasteiger charge is 2.19. The first-order chi connectivity index (χ1) is 28.8. The number of carbonyl (C=O) groups is 3. The lowest BCUT2D eigenvalue weighted by molar-refractivity contribution is -0.167. The van der Waals surface area contributed by atoms with E-state index in [2.05, 4.69) is 34.6 Å². The smallest absolute Gasteiger partial charge is 0.306 e. The van der Waals surface area contributed by atoms with Crippen LogP contribution in [-0.4, -0.2) is 37.2 Å².